The lowest BCUT2D eigenvalue weighted by molar-refractivity contribution is -0.176. The van der Waals surface area contributed by atoms with Crippen LogP contribution in [0.4, 0.5) is 4.79 Å². The molecule has 1 aliphatic carbocycles. The molecule has 2 aromatic rings. The number of nitrogens with zero attached hydrogens (tertiary/aromatic N) is 1. The largest absolute Gasteiger partial charge is 0.443 e. The third-order valence-corrected chi connectivity index (χ3v) is 6.11. The minimum absolute atomic E-state index is 0.0453. The van der Waals surface area contributed by atoms with Gasteiger partial charge in [-0.1, -0.05) is 54.1 Å². The molecule has 7 heteroatoms. The molecule has 1 saturated carbocycles. The third-order valence-electron chi connectivity index (χ3n) is 5.86. The Balaban J connectivity index is 1.68. The van der Waals surface area contributed by atoms with Crippen LogP contribution in [0.3, 0.4) is 0 Å². The number of benzene rings is 2. The van der Waals surface area contributed by atoms with E-state index in [-0.39, 0.29) is 11.8 Å². The van der Waals surface area contributed by atoms with Gasteiger partial charge in [0.1, 0.15) is 5.60 Å². The van der Waals surface area contributed by atoms with Gasteiger partial charge >= 0.3 is 6.09 Å². The average Bonchev–Trinajstić information content (AvgIpc) is 2.79. The predicted octanol–water partition coefficient (Wildman–Crippen LogP) is 4.76. The van der Waals surface area contributed by atoms with Crippen LogP contribution in [0.2, 0.25) is 5.02 Å². The summed E-state index contributed by atoms with van der Waals surface area (Å²) in [6.45, 7) is 0.399. The molecule has 0 heterocycles. The van der Waals surface area contributed by atoms with E-state index in [1.165, 1.54) is 12.2 Å². The standard InChI is InChI=1S/C24H29ClN2O4/c1-27(30-2)22(28)20-12-14-24(15-13-20,16-18-8-10-21(25)11-9-18)31-23(29)26-17-19-6-4-3-5-7-19/h3-11,20H,12-17H2,1-2H3,(H,26,29). The lowest BCUT2D eigenvalue weighted by Crippen LogP contribution is -2.46. The summed E-state index contributed by atoms with van der Waals surface area (Å²) in [5.74, 6) is -0.185. The normalized spacial score (nSPS) is 20.7. The van der Waals surface area contributed by atoms with E-state index < -0.39 is 11.7 Å². The summed E-state index contributed by atoms with van der Waals surface area (Å²) in [6.07, 6.45) is 2.59. The number of ether oxygens (including phenoxy) is 1. The molecule has 2 amide bonds. The highest BCUT2D eigenvalue weighted by Gasteiger charge is 2.41. The molecule has 3 rings (SSSR count). The Morgan fingerprint density at radius 2 is 1.71 bits per heavy atom. The third kappa shape index (κ3) is 6.45. The van der Waals surface area contributed by atoms with Crippen molar-refractivity contribution in [2.45, 2.75) is 44.2 Å². The number of carbonyl (C=O) groups excluding carboxylic acids is 2. The van der Waals surface area contributed by atoms with Crippen molar-refractivity contribution in [1.82, 2.24) is 10.4 Å². The molecular formula is C24H29ClN2O4. The Morgan fingerprint density at radius 3 is 2.32 bits per heavy atom. The van der Waals surface area contributed by atoms with E-state index in [0.29, 0.717) is 43.7 Å². The number of hydrogen-bond donors (Lipinski definition) is 1. The van der Waals surface area contributed by atoms with Gasteiger partial charge in [0.25, 0.3) is 0 Å². The number of hydroxylamine groups is 2. The number of alkyl carbamates (subject to hydrolysis) is 1. The lowest BCUT2D eigenvalue weighted by atomic mass is 9.75. The molecule has 2 aromatic carbocycles. The van der Waals surface area contributed by atoms with Crippen LogP contribution in [0.1, 0.15) is 36.8 Å². The van der Waals surface area contributed by atoms with Crippen LogP contribution in [0.15, 0.2) is 54.6 Å². The highest BCUT2D eigenvalue weighted by molar-refractivity contribution is 6.30. The first-order valence-electron chi connectivity index (χ1n) is 10.5. The minimum Gasteiger partial charge on any atom is -0.443 e. The molecule has 0 unspecified atom stereocenters. The van der Waals surface area contributed by atoms with Gasteiger partial charge in [-0.2, -0.15) is 0 Å². The predicted molar refractivity (Wildman–Crippen MR) is 119 cm³/mol. The molecule has 1 N–H and O–H groups in total. The minimum atomic E-state index is -0.670. The molecule has 166 valence electrons. The summed E-state index contributed by atoms with van der Waals surface area (Å²) in [7, 11) is 3.09. The zero-order chi connectivity index (χ0) is 22.3. The molecule has 0 radical (unpaired) electrons. The quantitative estimate of drug-likeness (QED) is 0.625. The summed E-state index contributed by atoms with van der Waals surface area (Å²) in [5.41, 5.74) is 1.37. The molecule has 0 spiro atoms. The van der Waals surface area contributed by atoms with Crippen molar-refractivity contribution in [1.29, 1.82) is 0 Å². The number of nitrogens with one attached hydrogen (secondary N) is 1. The smallest absolute Gasteiger partial charge is 0.407 e. The maximum absolute atomic E-state index is 12.7. The van der Waals surface area contributed by atoms with Crippen LogP contribution in [-0.4, -0.2) is 36.8 Å². The summed E-state index contributed by atoms with van der Waals surface area (Å²) in [5, 5.41) is 4.78. The lowest BCUT2D eigenvalue weighted by Gasteiger charge is -2.39. The number of hydrogen-bond acceptors (Lipinski definition) is 4. The Kier molecular flexibility index (Phi) is 7.93. The van der Waals surface area contributed by atoms with Gasteiger partial charge in [-0.3, -0.25) is 9.63 Å². The van der Waals surface area contributed by atoms with Crippen molar-refractivity contribution in [3.63, 3.8) is 0 Å². The van der Waals surface area contributed by atoms with Crippen molar-refractivity contribution in [3.8, 4) is 0 Å². The molecule has 0 atom stereocenters. The summed E-state index contributed by atoms with van der Waals surface area (Å²) >= 11 is 6.02. The van der Waals surface area contributed by atoms with E-state index in [0.717, 1.165) is 11.1 Å². The van der Waals surface area contributed by atoms with E-state index in [1.54, 1.807) is 7.05 Å². The molecule has 1 fully saturated rings. The molecule has 0 aliphatic heterocycles. The molecule has 0 aromatic heterocycles. The SMILES string of the molecule is CON(C)C(=O)C1CCC(Cc2ccc(Cl)cc2)(OC(=O)NCc2ccccc2)CC1. The van der Waals surface area contributed by atoms with Crippen molar-refractivity contribution < 1.29 is 19.2 Å². The Hall–Kier alpha value is -2.57. The van der Waals surface area contributed by atoms with Gasteiger partial charge in [-0.15, -0.1) is 0 Å². The molecular weight excluding hydrogens is 416 g/mol. The van der Waals surface area contributed by atoms with Crippen LogP contribution >= 0.6 is 11.6 Å². The van der Waals surface area contributed by atoms with Gasteiger partial charge < -0.3 is 10.1 Å². The second-order valence-electron chi connectivity index (χ2n) is 8.01. The van der Waals surface area contributed by atoms with Crippen molar-refractivity contribution in [2.24, 2.45) is 5.92 Å². The van der Waals surface area contributed by atoms with Crippen LogP contribution in [-0.2, 0) is 27.3 Å². The van der Waals surface area contributed by atoms with Crippen molar-refractivity contribution >= 4 is 23.6 Å². The second-order valence-corrected chi connectivity index (χ2v) is 8.44. The van der Waals surface area contributed by atoms with Crippen LogP contribution in [0, 0.1) is 5.92 Å². The average molecular weight is 445 g/mol. The summed E-state index contributed by atoms with van der Waals surface area (Å²) < 4.78 is 6.01. The van der Waals surface area contributed by atoms with Crippen LogP contribution in [0.5, 0.6) is 0 Å². The highest BCUT2D eigenvalue weighted by Crippen LogP contribution is 2.38. The first kappa shape index (κ1) is 23.1. The van der Waals surface area contributed by atoms with Crippen molar-refractivity contribution in [3.05, 3.63) is 70.7 Å². The van der Waals surface area contributed by atoms with E-state index in [9.17, 15) is 9.59 Å². The Labute approximate surface area is 188 Å². The molecule has 31 heavy (non-hydrogen) atoms. The fourth-order valence-corrected chi connectivity index (χ4v) is 4.16. The highest BCUT2D eigenvalue weighted by atomic mass is 35.5. The number of carbonyl (C=O) groups is 2. The Bertz CT molecular complexity index is 865. The second kappa shape index (κ2) is 10.6. The van der Waals surface area contributed by atoms with Crippen molar-refractivity contribution in [2.75, 3.05) is 14.2 Å². The van der Waals surface area contributed by atoms with Gasteiger partial charge in [0, 0.05) is 31.0 Å². The number of amides is 2. The van der Waals surface area contributed by atoms with E-state index in [2.05, 4.69) is 5.32 Å². The zero-order valence-electron chi connectivity index (χ0n) is 18.0. The number of halogens is 1. The number of rotatable bonds is 7. The molecule has 1 aliphatic rings. The van der Waals surface area contributed by atoms with Gasteiger partial charge in [0.15, 0.2) is 0 Å². The fraction of sp³-hybridized carbons (Fsp3) is 0.417. The maximum atomic E-state index is 12.7. The van der Waals surface area contributed by atoms with Gasteiger partial charge in [0.05, 0.1) is 7.11 Å². The van der Waals surface area contributed by atoms with Gasteiger partial charge in [-0.05, 0) is 48.9 Å². The van der Waals surface area contributed by atoms with E-state index in [4.69, 9.17) is 21.2 Å². The maximum Gasteiger partial charge on any atom is 0.407 e. The summed E-state index contributed by atoms with van der Waals surface area (Å²) in [4.78, 5) is 30.2. The van der Waals surface area contributed by atoms with Gasteiger partial charge in [-0.25, -0.2) is 9.86 Å². The van der Waals surface area contributed by atoms with Crippen LogP contribution < -0.4 is 5.32 Å². The topological polar surface area (TPSA) is 67.9 Å². The molecule has 0 saturated heterocycles. The fourth-order valence-electron chi connectivity index (χ4n) is 4.03. The molecule has 6 nitrogen and oxygen atoms in total. The zero-order valence-corrected chi connectivity index (χ0v) is 18.7. The van der Waals surface area contributed by atoms with E-state index >= 15 is 0 Å². The first-order chi connectivity index (χ1) is 14.9. The van der Waals surface area contributed by atoms with E-state index in [1.807, 2.05) is 54.6 Å². The van der Waals surface area contributed by atoms with Crippen LogP contribution in [0.25, 0.3) is 0 Å². The monoisotopic (exact) mass is 444 g/mol. The first-order valence-corrected chi connectivity index (χ1v) is 10.9. The van der Waals surface area contributed by atoms with Gasteiger partial charge in [0.2, 0.25) is 5.91 Å². The molecule has 0 bridgehead atoms. The summed E-state index contributed by atoms with van der Waals surface area (Å²) in [6, 6.07) is 17.3. The Morgan fingerprint density at radius 1 is 1.06 bits per heavy atom.